The molecule has 0 amide bonds. The fraction of sp³-hybridized carbons (Fsp3) is 0.417. The summed E-state index contributed by atoms with van der Waals surface area (Å²) in [6, 6.07) is 6.25. The van der Waals surface area contributed by atoms with Crippen LogP contribution in [0.5, 0.6) is 0 Å². The lowest BCUT2D eigenvalue weighted by atomic mass is 9.98. The molecular weight excluding hydrogens is 229 g/mol. The van der Waals surface area contributed by atoms with Crippen LogP contribution in [0, 0.1) is 6.42 Å². The van der Waals surface area contributed by atoms with Crippen molar-refractivity contribution in [2.24, 2.45) is 0 Å². The Balaban J connectivity index is 2.00. The molecule has 15 heavy (non-hydrogen) atoms. The first-order valence-corrected chi connectivity index (χ1v) is 6.04. The van der Waals surface area contributed by atoms with Crippen LogP contribution in [0.3, 0.4) is 0 Å². The second-order valence-electron chi connectivity index (χ2n) is 3.90. The van der Waals surface area contributed by atoms with Gasteiger partial charge in [-0.25, -0.2) is 0 Å². The molecule has 1 heterocycles. The molecule has 1 N–H and O–H groups in total. The summed E-state index contributed by atoms with van der Waals surface area (Å²) < 4.78 is 0. The molecule has 2 rings (SSSR count). The molecule has 3 heteroatoms. The minimum atomic E-state index is 0.482. The van der Waals surface area contributed by atoms with Gasteiger partial charge in [-0.2, -0.15) is 0 Å². The number of piperidine rings is 1. The maximum atomic E-state index is 5.96. The molecule has 1 radical (unpaired) electrons. The van der Waals surface area contributed by atoms with Gasteiger partial charge < -0.3 is 5.32 Å². The zero-order valence-electron chi connectivity index (χ0n) is 8.47. The minimum Gasteiger partial charge on any atom is -0.313 e. The summed E-state index contributed by atoms with van der Waals surface area (Å²) in [6.45, 7) is 1.11. The Morgan fingerprint density at radius 2 is 2.07 bits per heavy atom. The molecule has 0 aromatic heterocycles. The van der Waals surface area contributed by atoms with Crippen LogP contribution in [0.2, 0.25) is 10.0 Å². The molecule has 0 unspecified atom stereocenters. The lowest BCUT2D eigenvalue weighted by Crippen LogP contribution is -2.34. The number of rotatable bonds is 2. The standard InChI is InChI=1S/C12H14Cl2N/c13-11-5-4-9(8-12(11)14)7-10-3-1-2-6-15-10/h4-5,7-8,10,15H,1-3,6H2/t10-/m0/s1. The van der Waals surface area contributed by atoms with Crippen LogP contribution in [0.25, 0.3) is 0 Å². The third-order valence-corrected chi connectivity index (χ3v) is 3.42. The minimum absolute atomic E-state index is 0.482. The fourth-order valence-corrected chi connectivity index (χ4v) is 2.18. The Bertz CT molecular complexity index is 332. The maximum absolute atomic E-state index is 5.96. The van der Waals surface area contributed by atoms with Crippen molar-refractivity contribution in [3.8, 4) is 0 Å². The molecular formula is C12H14Cl2N. The van der Waals surface area contributed by atoms with Crippen molar-refractivity contribution in [2.45, 2.75) is 25.3 Å². The molecule has 0 spiro atoms. The summed E-state index contributed by atoms with van der Waals surface area (Å²) >= 11 is 11.8. The van der Waals surface area contributed by atoms with Crippen LogP contribution in [-0.2, 0) is 0 Å². The van der Waals surface area contributed by atoms with E-state index in [4.69, 9.17) is 23.2 Å². The van der Waals surface area contributed by atoms with Gasteiger partial charge in [0.15, 0.2) is 0 Å². The van der Waals surface area contributed by atoms with Crippen LogP contribution in [0.15, 0.2) is 18.2 Å². The van der Waals surface area contributed by atoms with Crippen molar-refractivity contribution in [2.75, 3.05) is 6.54 Å². The molecule has 0 aliphatic carbocycles. The normalized spacial score (nSPS) is 21.6. The van der Waals surface area contributed by atoms with Crippen LogP contribution in [0.4, 0.5) is 0 Å². The largest absolute Gasteiger partial charge is 0.313 e. The summed E-state index contributed by atoms with van der Waals surface area (Å²) in [5.41, 5.74) is 1.14. The lowest BCUT2D eigenvalue weighted by Gasteiger charge is -2.23. The van der Waals surface area contributed by atoms with Crippen molar-refractivity contribution < 1.29 is 0 Å². The van der Waals surface area contributed by atoms with Crippen LogP contribution in [0.1, 0.15) is 24.8 Å². The SMILES string of the molecule is Clc1ccc([CH][C@@H]2CCCCN2)cc1Cl. The second kappa shape index (κ2) is 5.20. The van der Waals surface area contributed by atoms with Crippen LogP contribution in [-0.4, -0.2) is 12.6 Å². The van der Waals surface area contributed by atoms with Gasteiger partial charge in [-0.1, -0.05) is 35.7 Å². The van der Waals surface area contributed by atoms with Crippen molar-refractivity contribution >= 4 is 23.2 Å². The van der Waals surface area contributed by atoms with Crippen LogP contribution < -0.4 is 5.32 Å². The summed E-state index contributed by atoms with van der Waals surface area (Å²) in [5.74, 6) is 0. The van der Waals surface area contributed by atoms with Gasteiger partial charge in [-0.15, -0.1) is 0 Å². The molecule has 1 aliphatic rings. The Labute approximate surface area is 101 Å². The first-order valence-electron chi connectivity index (χ1n) is 5.29. The zero-order valence-corrected chi connectivity index (χ0v) is 9.98. The molecule has 1 atom stereocenters. The Morgan fingerprint density at radius 1 is 1.20 bits per heavy atom. The van der Waals surface area contributed by atoms with E-state index in [-0.39, 0.29) is 0 Å². The van der Waals surface area contributed by atoms with E-state index in [1.165, 1.54) is 19.3 Å². The Kier molecular flexibility index (Phi) is 3.90. The van der Waals surface area contributed by atoms with Crippen molar-refractivity contribution in [1.29, 1.82) is 0 Å². The molecule has 1 aromatic rings. The highest BCUT2D eigenvalue weighted by Gasteiger charge is 2.13. The van der Waals surface area contributed by atoms with Gasteiger partial charge in [0.25, 0.3) is 0 Å². The Morgan fingerprint density at radius 3 is 2.73 bits per heavy atom. The predicted octanol–water partition coefficient (Wildman–Crippen LogP) is 3.69. The molecule has 81 valence electrons. The number of halogens is 2. The van der Waals surface area contributed by atoms with E-state index in [2.05, 4.69) is 11.7 Å². The number of benzene rings is 1. The van der Waals surface area contributed by atoms with E-state index in [0.717, 1.165) is 12.1 Å². The van der Waals surface area contributed by atoms with E-state index in [1.807, 2.05) is 18.2 Å². The van der Waals surface area contributed by atoms with Crippen molar-refractivity contribution in [1.82, 2.24) is 5.32 Å². The predicted molar refractivity (Wildman–Crippen MR) is 65.5 cm³/mol. The van der Waals surface area contributed by atoms with Gasteiger partial charge in [0.2, 0.25) is 0 Å². The van der Waals surface area contributed by atoms with Gasteiger partial charge >= 0.3 is 0 Å². The number of nitrogens with one attached hydrogen (secondary N) is 1. The number of hydrogen-bond donors (Lipinski definition) is 1. The molecule has 1 nitrogen and oxygen atoms in total. The smallest absolute Gasteiger partial charge is 0.0595 e. The van der Waals surface area contributed by atoms with Gasteiger partial charge in [0.05, 0.1) is 10.0 Å². The molecule has 1 saturated heterocycles. The highest BCUT2D eigenvalue weighted by Crippen LogP contribution is 2.24. The van der Waals surface area contributed by atoms with E-state index in [0.29, 0.717) is 16.1 Å². The van der Waals surface area contributed by atoms with Gasteiger partial charge in [-0.05, 0) is 37.1 Å². The summed E-state index contributed by atoms with van der Waals surface area (Å²) in [7, 11) is 0. The average molecular weight is 243 g/mol. The molecule has 0 bridgehead atoms. The van der Waals surface area contributed by atoms with Gasteiger partial charge in [0, 0.05) is 12.5 Å². The van der Waals surface area contributed by atoms with Gasteiger partial charge in [-0.3, -0.25) is 0 Å². The first kappa shape index (κ1) is 11.3. The summed E-state index contributed by atoms with van der Waals surface area (Å²) in [4.78, 5) is 0. The highest BCUT2D eigenvalue weighted by atomic mass is 35.5. The third kappa shape index (κ3) is 3.10. The number of hydrogen-bond acceptors (Lipinski definition) is 1. The topological polar surface area (TPSA) is 12.0 Å². The van der Waals surface area contributed by atoms with Crippen molar-refractivity contribution in [3.05, 3.63) is 40.2 Å². The van der Waals surface area contributed by atoms with Gasteiger partial charge in [0.1, 0.15) is 0 Å². The highest BCUT2D eigenvalue weighted by molar-refractivity contribution is 6.42. The quantitative estimate of drug-likeness (QED) is 0.835. The summed E-state index contributed by atoms with van der Waals surface area (Å²) in [5, 5.41) is 4.71. The molecule has 1 aromatic carbocycles. The third-order valence-electron chi connectivity index (χ3n) is 2.69. The fourth-order valence-electron chi connectivity index (χ4n) is 1.87. The first-order chi connectivity index (χ1) is 7.25. The van der Waals surface area contributed by atoms with E-state index in [1.54, 1.807) is 0 Å². The zero-order chi connectivity index (χ0) is 10.7. The van der Waals surface area contributed by atoms with E-state index in [9.17, 15) is 0 Å². The lowest BCUT2D eigenvalue weighted by molar-refractivity contribution is 0.440. The second-order valence-corrected chi connectivity index (χ2v) is 4.71. The maximum Gasteiger partial charge on any atom is 0.0595 e. The molecule has 1 fully saturated rings. The molecule has 0 saturated carbocycles. The Hall–Kier alpha value is -0.240. The van der Waals surface area contributed by atoms with E-state index < -0.39 is 0 Å². The molecule has 1 aliphatic heterocycles. The summed E-state index contributed by atoms with van der Waals surface area (Å²) in [6.07, 6.45) is 6.02. The van der Waals surface area contributed by atoms with Crippen LogP contribution >= 0.6 is 23.2 Å². The monoisotopic (exact) mass is 242 g/mol. The van der Waals surface area contributed by atoms with Crippen molar-refractivity contribution in [3.63, 3.8) is 0 Å². The van der Waals surface area contributed by atoms with E-state index >= 15 is 0 Å². The average Bonchev–Trinajstić information content (AvgIpc) is 2.25.